The summed E-state index contributed by atoms with van der Waals surface area (Å²) >= 11 is 0. The molecule has 0 amide bonds. The van der Waals surface area contributed by atoms with Crippen molar-refractivity contribution in [2.24, 2.45) is 11.8 Å². The lowest BCUT2D eigenvalue weighted by atomic mass is 9.81. The van der Waals surface area contributed by atoms with Crippen LogP contribution in [0.5, 0.6) is 0 Å². The summed E-state index contributed by atoms with van der Waals surface area (Å²) in [5.74, 6) is -2.52. The van der Waals surface area contributed by atoms with Crippen molar-refractivity contribution in [2.75, 3.05) is 6.61 Å². The van der Waals surface area contributed by atoms with Crippen molar-refractivity contribution in [2.45, 2.75) is 109 Å². The molecule has 2 nitrogen and oxygen atoms in total. The zero-order chi connectivity index (χ0) is 21.4. The van der Waals surface area contributed by atoms with E-state index in [0.29, 0.717) is 38.1 Å². The molecule has 2 saturated carbocycles. The van der Waals surface area contributed by atoms with E-state index in [2.05, 4.69) is 31.2 Å². The van der Waals surface area contributed by atoms with Crippen molar-refractivity contribution in [1.82, 2.24) is 0 Å². The summed E-state index contributed by atoms with van der Waals surface area (Å²) in [5.41, 5.74) is 2.62. The largest absolute Gasteiger partial charge is 0.378 e. The van der Waals surface area contributed by atoms with Crippen molar-refractivity contribution in [3.05, 3.63) is 35.4 Å². The highest BCUT2D eigenvalue weighted by atomic mass is 19.3. The minimum absolute atomic E-state index is 0.0901. The van der Waals surface area contributed by atoms with Crippen LogP contribution in [0.4, 0.5) is 8.78 Å². The van der Waals surface area contributed by atoms with Crippen LogP contribution in [0, 0.1) is 11.8 Å². The second-order valence-electron chi connectivity index (χ2n) is 9.50. The quantitative estimate of drug-likeness (QED) is 0.393. The maximum atomic E-state index is 14.3. The Morgan fingerprint density at radius 2 is 1.50 bits per heavy atom. The standard InChI is InChI=1S/C26H40F2O2/c1-3-5-20-7-9-21(10-8-20)18-29-24-14-11-22(12-15-24)19-30-25-16-13-23(6-4-2)26(27,28)17-25/h7-10,22-25H,3-6,11-19H2,1-2H3. The molecular formula is C26H40F2O2. The Labute approximate surface area is 181 Å². The molecule has 0 radical (unpaired) electrons. The van der Waals surface area contributed by atoms with Crippen LogP contribution in [0.25, 0.3) is 0 Å². The van der Waals surface area contributed by atoms with Gasteiger partial charge in [0.1, 0.15) is 0 Å². The molecule has 0 bridgehead atoms. The highest BCUT2D eigenvalue weighted by molar-refractivity contribution is 5.22. The van der Waals surface area contributed by atoms with Gasteiger partial charge in [0.25, 0.3) is 5.92 Å². The Morgan fingerprint density at radius 3 is 2.13 bits per heavy atom. The van der Waals surface area contributed by atoms with Gasteiger partial charge < -0.3 is 9.47 Å². The van der Waals surface area contributed by atoms with Crippen LogP contribution in [0.15, 0.2) is 24.3 Å². The van der Waals surface area contributed by atoms with Gasteiger partial charge in [-0.2, -0.15) is 0 Å². The molecule has 170 valence electrons. The lowest BCUT2D eigenvalue weighted by Crippen LogP contribution is -2.39. The van der Waals surface area contributed by atoms with Crippen molar-refractivity contribution in [3.8, 4) is 0 Å². The second-order valence-corrected chi connectivity index (χ2v) is 9.50. The first-order valence-corrected chi connectivity index (χ1v) is 12.2. The average Bonchev–Trinajstić information content (AvgIpc) is 2.74. The fourth-order valence-electron chi connectivity index (χ4n) is 5.06. The van der Waals surface area contributed by atoms with Gasteiger partial charge in [-0.15, -0.1) is 0 Å². The summed E-state index contributed by atoms with van der Waals surface area (Å²) in [6.45, 7) is 5.49. The molecule has 0 N–H and O–H groups in total. The molecule has 0 spiro atoms. The second kappa shape index (κ2) is 11.6. The van der Waals surface area contributed by atoms with Gasteiger partial charge in [0.15, 0.2) is 0 Å². The first-order chi connectivity index (χ1) is 14.5. The van der Waals surface area contributed by atoms with Crippen LogP contribution in [0.3, 0.4) is 0 Å². The molecule has 0 aliphatic heterocycles. The number of rotatable bonds is 10. The van der Waals surface area contributed by atoms with Crippen LogP contribution in [0.1, 0.15) is 89.2 Å². The molecule has 0 heterocycles. The molecule has 2 aliphatic carbocycles. The van der Waals surface area contributed by atoms with Gasteiger partial charge in [-0.05, 0) is 68.4 Å². The van der Waals surface area contributed by atoms with Gasteiger partial charge >= 0.3 is 0 Å². The molecular weight excluding hydrogens is 382 g/mol. The number of hydrogen-bond donors (Lipinski definition) is 0. The fraction of sp³-hybridized carbons (Fsp3) is 0.769. The van der Waals surface area contributed by atoms with Gasteiger partial charge in [-0.3, -0.25) is 0 Å². The summed E-state index contributed by atoms with van der Waals surface area (Å²) < 4.78 is 40.7. The van der Waals surface area contributed by atoms with E-state index in [-0.39, 0.29) is 12.5 Å². The van der Waals surface area contributed by atoms with Gasteiger partial charge in [0.2, 0.25) is 0 Å². The predicted octanol–water partition coefficient (Wildman–Crippen LogP) is 7.34. The van der Waals surface area contributed by atoms with Crippen LogP contribution in [-0.2, 0) is 22.5 Å². The number of aryl methyl sites for hydroxylation is 1. The van der Waals surface area contributed by atoms with E-state index in [9.17, 15) is 8.78 Å². The third kappa shape index (κ3) is 7.02. The van der Waals surface area contributed by atoms with Crippen LogP contribution >= 0.6 is 0 Å². The van der Waals surface area contributed by atoms with Crippen LogP contribution in [0.2, 0.25) is 0 Å². The van der Waals surface area contributed by atoms with Crippen molar-refractivity contribution < 1.29 is 18.3 Å². The SMILES string of the molecule is CCCc1ccc(COC2CCC(COC3CCC(CCC)C(F)(F)C3)CC2)cc1. The number of alkyl halides is 2. The van der Waals surface area contributed by atoms with Gasteiger partial charge in [-0.25, -0.2) is 8.78 Å². The van der Waals surface area contributed by atoms with Crippen LogP contribution in [-0.4, -0.2) is 24.7 Å². The summed E-state index contributed by atoms with van der Waals surface area (Å²) in [7, 11) is 0. The highest BCUT2D eigenvalue weighted by Crippen LogP contribution is 2.42. The van der Waals surface area contributed by atoms with E-state index in [0.717, 1.165) is 44.9 Å². The molecule has 2 fully saturated rings. The lowest BCUT2D eigenvalue weighted by Gasteiger charge is -2.37. The Balaban J connectivity index is 1.32. The highest BCUT2D eigenvalue weighted by Gasteiger charge is 2.44. The Bertz CT molecular complexity index is 608. The van der Waals surface area contributed by atoms with Crippen molar-refractivity contribution >= 4 is 0 Å². The minimum atomic E-state index is -2.56. The number of ether oxygens (including phenoxy) is 2. The maximum Gasteiger partial charge on any atom is 0.253 e. The summed E-state index contributed by atoms with van der Waals surface area (Å²) in [6.07, 6.45) is 9.34. The molecule has 0 aromatic heterocycles. The molecule has 2 atom stereocenters. The number of halogens is 2. The zero-order valence-corrected chi connectivity index (χ0v) is 18.9. The average molecular weight is 423 g/mol. The Hall–Kier alpha value is -1.00. The smallest absolute Gasteiger partial charge is 0.253 e. The van der Waals surface area contributed by atoms with E-state index >= 15 is 0 Å². The van der Waals surface area contributed by atoms with Gasteiger partial charge in [0.05, 0.1) is 18.8 Å². The molecule has 1 aromatic rings. The van der Waals surface area contributed by atoms with E-state index in [1.54, 1.807) is 0 Å². The molecule has 2 aliphatic rings. The first kappa shape index (κ1) is 23.7. The fourth-order valence-corrected chi connectivity index (χ4v) is 5.06. The maximum absolute atomic E-state index is 14.3. The molecule has 2 unspecified atom stereocenters. The number of hydrogen-bond acceptors (Lipinski definition) is 2. The topological polar surface area (TPSA) is 18.5 Å². The Morgan fingerprint density at radius 1 is 0.833 bits per heavy atom. The van der Waals surface area contributed by atoms with Gasteiger partial charge in [0, 0.05) is 18.9 Å². The molecule has 0 saturated heterocycles. The van der Waals surface area contributed by atoms with E-state index in [1.165, 1.54) is 17.5 Å². The predicted molar refractivity (Wildman–Crippen MR) is 118 cm³/mol. The minimum Gasteiger partial charge on any atom is -0.378 e. The summed E-state index contributed by atoms with van der Waals surface area (Å²) in [6, 6.07) is 8.76. The molecule has 30 heavy (non-hydrogen) atoms. The summed E-state index contributed by atoms with van der Waals surface area (Å²) in [5, 5.41) is 0. The molecule has 4 heteroatoms. The molecule has 1 aromatic carbocycles. The normalized spacial score (nSPS) is 29.1. The Kier molecular flexibility index (Phi) is 9.13. The lowest BCUT2D eigenvalue weighted by molar-refractivity contribution is -0.140. The third-order valence-electron chi connectivity index (χ3n) is 6.98. The van der Waals surface area contributed by atoms with Crippen LogP contribution < -0.4 is 0 Å². The molecule has 3 rings (SSSR count). The monoisotopic (exact) mass is 422 g/mol. The van der Waals surface area contributed by atoms with E-state index in [1.807, 2.05) is 6.92 Å². The van der Waals surface area contributed by atoms with E-state index < -0.39 is 11.8 Å². The van der Waals surface area contributed by atoms with Gasteiger partial charge in [-0.1, -0.05) is 51.0 Å². The first-order valence-electron chi connectivity index (χ1n) is 12.2. The number of benzene rings is 1. The van der Waals surface area contributed by atoms with Crippen molar-refractivity contribution in [1.29, 1.82) is 0 Å². The zero-order valence-electron chi connectivity index (χ0n) is 18.9. The third-order valence-corrected chi connectivity index (χ3v) is 6.98. The summed E-state index contributed by atoms with van der Waals surface area (Å²) in [4.78, 5) is 0. The van der Waals surface area contributed by atoms with Crippen molar-refractivity contribution in [3.63, 3.8) is 0 Å². The van der Waals surface area contributed by atoms with E-state index in [4.69, 9.17) is 9.47 Å².